The Morgan fingerprint density at radius 3 is 2.30 bits per heavy atom. The molecule has 0 radical (unpaired) electrons. The van der Waals surface area contributed by atoms with E-state index < -0.39 is 11.2 Å². The summed E-state index contributed by atoms with van der Waals surface area (Å²) in [4.78, 5) is 11.9. The third-order valence-corrected chi connectivity index (χ3v) is 3.09. The number of rotatable bonds is 7. The molecule has 1 heterocycles. The summed E-state index contributed by atoms with van der Waals surface area (Å²) in [7, 11) is 0. The Hall–Kier alpha value is -1.43. The molecule has 0 bridgehead atoms. The van der Waals surface area contributed by atoms with Gasteiger partial charge < -0.3 is 9.47 Å². The molecule has 0 saturated heterocycles. The third-order valence-electron chi connectivity index (χ3n) is 3.09. The van der Waals surface area contributed by atoms with E-state index in [0.29, 0.717) is 12.5 Å². The predicted molar refractivity (Wildman–Crippen MR) is 89.2 cm³/mol. The van der Waals surface area contributed by atoms with Crippen LogP contribution in [0.4, 0.5) is 0 Å². The molecule has 1 rings (SSSR count). The quantitative estimate of drug-likeness (QED) is 0.720. The van der Waals surface area contributed by atoms with Crippen molar-refractivity contribution in [2.75, 3.05) is 0 Å². The van der Waals surface area contributed by atoms with E-state index in [4.69, 9.17) is 9.47 Å². The van der Waals surface area contributed by atoms with Gasteiger partial charge in [-0.25, -0.2) is 4.68 Å². The van der Waals surface area contributed by atoms with Crippen molar-refractivity contribution < 1.29 is 14.3 Å². The van der Waals surface area contributed by atoms with Gasteiger partial charge in [-0.05, 0) is 47.5 Å². The highest BCUT2D eigenvalue weighted by Crippen LogP contribution is 2.19. The van der Waals surface area contributed by atoms with Crippen LogP contribution in [0.1, 0.15) is 73.4 Å². The standard InChI is InChI=1S/C17H31N3O3/c1-12(2)14-10-20(19-18-14)11-17(7,8)22-13(3)9-15(21)23-16(4,5)6/h10,12-13H,9,11H2,1-8H3. The van der Waals surface area contributed by atoms with E-state index in [1.807, 2.05) is 47.7 Å². The van der Waals surface area contributed by atoms with Gasteiger partial charge in [-0.1, -0.05) is 19.1 Å². The zero-order valence-corrected chi connectivity index (χ0v) is 15.7. The molecular weight excluding hydrogens is 294 g/mol. The topological polar surface area (TPSA) is 66.2 Å². The fourth-order valence-corrected chi connectivity index (χ4v) is 2.29. The van der Waals surface area contributed by atoms with Crippen LogP contribution in [-0.4, -0.2) is 38.3 Å². The number of esters is 1. The molecule has 0 saturated carbocycles. The van der Waals surface area contributed by atoms with Crippen LogP contribution in [0.5, 0.6) is 0 Å². The number of hydrogen-bond acceptors (Lipinski definition) is 5. The minimum absolute atomic E-state index is 0.229. The van der Waals surface area contributed by atoms with Gasteiger partial charge in [0.15, 0.2) is 0 Å². The number of nitrogens with zero attached hydrogens (tertiary/aromatic N) is 3. The summed E-state index contributed by atoms with van der Waals surface area (Å²) in [5.74, 6) is 0.0996. The zero-order chi connectivity index (χ0) is 17.8. The van der Waals surface area contributed by atoms with Crippen molar-refractivity contribution in [2.24, 2.45) is 0 Å². The highest BCUT2D eigenvalue weighted by molar-refractivity contribution is 5.70. The molecule has 1 aromatic rings. The summed E-state index contributed by atoms with van der Waals surface area (Å²) in [6.45, 7) is 16.2. The average Bonchev–Trinajstić information content (AvgIpc) is 2.72. The lowest BCUT2D eigenvalue weighted by Gasteiger charge is -2.29. The monoisotopic (exact) mass is 325 g/mol. The Kier molecular flexibility index (Phi) is 6.33. The lowest BCUT2D eigenvalue weighted by molar-refractivity contribution is -0.161. The second-order valence-electron chi connectivity index (χ2n) is 7.97. The molecule has 23 heavy (non-hydrogen) atoms. The third kappa shape index (κ3) is 7.59. The van der Waals surface area contributed by atoms with Gasteiger partial charge >= 0.3 is 5.97 Å². The highest BCUT2D eigenvalue weighted by Gasteiger charge is 2.26. The molecule has 1 aromatic heterocycles. The zero-order valence-electron chi connectivity index (χ0n) is 15.7. The SMILES string of the molecule is CC(CC(=O)OC(C)(C)C)OC(C)(C)Cn1cc(C(C)C)nn1. The number of carbonyl (C=O) groups excluding carboxylic acids is 1. The maximum atomic E-state index is 11.9. The van der Waals surface area contributed by atoms with Crippen molar-refractivity contribution in [3.05, 3.63) is 11.9 Å². The van der Waals surface area contributed by atoms with Crippen molar-refractivity contribution in [1.29, 1.82) is 0 Å². The molecule has 0 aliphatic heterocycles. The van der Waals surface area contributed by atoms with Crippen molar-refractivity contribution >= 4 is 5.97 Å². The summed E-state index contributed by atoms with van der Waals surface area (Å²) >= 11 is 0. The molecule has 0 aromatic carbocycles. The van der Waals surface area contributed by atoms with Gasteiger partial charge in [0.25, 0.3) is 0 Å². The summed E-state index contributed by atoms with van der Waals surface area (Å²) in [5, 5.41) is 8.29. The van der Waals surface area contributed by atoms with Crippen LogP contribution in [0.3, 0.4) is 0 Å². The lowest BCUT2D eigenvalue weighted by Crippen LogP contribution is -2.36. The molecule has 132 valence electrons. The van der Waals surface area contributed by atoms with Crippen LogP contribution >= 0.6 is 0 Å². The number of hydrogen-bond donors (Lipinski definition) is 0. The van der Waals surface area contributed by atoms with Crippen LogP contribution in [0.25, 0.3) is 0 Å². The Morgan fingerprint density at radius 2 is 1.83 bits per heavy atom. The van der Waals surface area contributed by atoms with Gasteiger partial charge in [0.05, 0.1) is 30.4 Å². The molecule has 1 atom stereocenters. The van der Waals surface area contributed by atoms with Crippen molar-refractivity contribution in [2.45, 2.75) is 91.6 Å². The Balaban J connectivity index is 2.54. The fraction of sp³-hybridized carbons (Fsp3) is 0.824. The maximum absolute atomic E-state index is 11.9. The fourth-order valence-electron chi connectivity index (χ4n) is 2.29. The molecule has 0 aliphatic carbocycles. The number of aromatic nitrogens is 3. The van der Waals surface area contributed by atoms with Crippen molar-refractivity contribution in [3.63, 3.8) is 0 Å². The molecule has 0 fully saturated rings. The van der Waals surface area contributed by atoms with E-state index in [0.717, 1.165) is 5.69 Å². The van der Waals surface area contributed by atoms with Crippen molar-refractivity contribution in [3.8, 4) is 0 Å². The first-order valence-electron chi connectivity index (χ1n) is 8.17. The minimum atomic E-state index is -0.472. The average molecular weight is 325 g/mol. The smallest absolute Gasteiger partial charge is 0.308 e. The minimum Gasteiger partial charge on any atom is -0.460 e. The Labute approximate surface area is 139 Å². The maximum Gasteiger partial charge on any atom is 0.308 e. The number of ether oxygens (including phenoxy) is 2. The summed E-state index contributed by atoms with van der Waals surface area (Å²) in [6.07, 6.45) is 1.94. The van der Waals surface area contributed by atoms with E-state index >= 15 is 0 Å². The molecule has 0 spiro atoms. The first kappa shape index (κ1) is 19.6. The first-order chi connectivity index (χ1) is 10.4. The molecule has 6 heteroatoms. The second kappa shape index (κ2) is 7.43. The molecule has 6 nitrogen and oxygen atoms in total. The van der Waals surface area contributed by atoms with Gasteiger partial charge in [-0.3, -0.25) is 4.79 Å². The number of carbonyl (C=O) groups is 1. The summed E-state index contributed by atoms with van der Waals surface area (Å²) < 4.78 is 13.1. The summed E-state index contributed by atoms with van der Waals surface area (Å²) in [5.41, 5.74) is 0.0338. The second-order valence-corrected chi connectivity index (χ2v) is 7.97. The van der Waals surface area contributed by atoms with Crippen LogP contribution < -0.4 is 0 Å². The largest absolute Gasteiger partial charge is 0.460 e. The molecule has 0 amide bonds. The van der Waals surface area contributed by atoms with Crippen molar-refractivity contribution in [1.82, 2.24) is 15.0 Å². The normalized spacial score (nSPS) is 14.1. The summed E-state index contributed by atoms with van der Waals surface area (Å²) in [6, 6.07) is 0. The van der Waals surface area contributed by atoms with Gasteiger partial charge in [0.1, 0.15) is 5.60 Å². The van der Waals surface area contributed by atoms with Gasteiger partial charge in [-0.15, -0.1) is 5.10 Å². The molecule has 0 N–H and O–H groups in total. The van der Waals surface area contributed by atoms with E-state index in [2.05, 4.69) is 24.2 Å². The van der Waals surface area contributed by atoms with E-state index in [1.165, 1.54) is 0 Å². The van der Waals surface area contributed by atoms with Crippen LogP contribution in [0, 0.1) is 0 Å². The van der Waals surface area contributed by atoms with E-state index in [9.17, 15) is 4.79 Å². The predicted octanol–water partition coefficient (Wildman–Crippen LogP) is 3.32. The van der Waals surface area contributed by atoms with E-state index in [1.54, 1.807) is 4.68 Å². The first-order valence-corrected chi connectivity index (χ1v) is 8.17. The lowest BCUT2D eigenvalue weighted by atomic mass is 10.1. The molecule has 0 aliphatic rings. The molecule has 1 unspecified atom stereocenters. The van der Waals surface area contributed by atoms with Crippen LogP contribution in [0.2, 0.25) is 0 Å². The Morgan fingerprint density at radius 1 is 1.22 bits per heavy atom. The Bertz CT molecular complexity index is 515. The molecular formula is C17H31N3O3. The van der Waals surface area contributed by atoms with Gasteiger partial charge in [0, 0.05) is 6.20 Å². The highest BCUT2D eigenvalue weighted by atomic mass is 16.6. The van der Waals surface area contributed by atoms with Crippen LogP contribution in [0.15, 0.2) is 6.20 Å². The van der Waals surface area contributed by atoms with Gasteiger partial charge in [-0.2, -0.15) is 0 Å². The van der Waals surface area contributed by atoms with E-state index in [-0.39, 0.29) is 18.5 Å². The van der Waals surface area contributed by atoms with Crippen LogP contribution in [-0.2, 0) is 20.8 Å². The van der Waals surface area contributed by atoms with Gasteiger partial charge in [0.2, 0.25) is 0 Å².